The second-order valence-corrected chi connectivity index (χ2v) is 5.11. The molecular weight excluding hydrogens is 445 g/mol. The lowest BCUT2D eigenvalue weighted by atomic mass is 10.2. The molecule has 140 valence electrons. The standard InChI is InChI=1S/C18H23N5O2.HI/c1-3-25-16-9-5-4-7-14(16)11-21-18(19-2)22-13-17(24)23-15-8-6-10-20-12-15;/h4-10,12H,3,11,13H2,1-2H3,(H,23,24)(H2,19,21,22);1H. The van der Waals surface area contributed by atoms with Crippen LogP contribution in [0.25, 0.3) is 0 Å². The second kappa shape index (κ2) is 12.1. The Hall–Kier alpha value is -2.36. The predicted octanol–water partition coefficient (Wildman–Crippen LogP) is 2.40. The van der Waals surface area contributed by atoms with Crippen LogP contribution in [-0.2, 0) is 11.3 Å². The van der Waals surface area contributed by atoms with Gasteiger partial charge >= 0.3 is 0 Å². The monoisotopic (exact) mass is 469 g/mol. The number of guanidine groups is 1. The number of pyridine rings is 1. The van der Waals surface area contributed by atoms with Gasteiger partial charge in [0.2, 0.25) is 5.91 Å². The Balaban J connectivity index is 0.00000338. The third-order valence-corrected chi connectivity index (χ3v) is 3.30. The minimum Gasteiger partial charge on any atom is -0.494 e. The number of halogens is 1. The van der Waals surface area contributed by atoms with Crippen molar-refractivity contribution in [2.24, 2.45) is 4.99 Å². The number of para-hydroxylation sites is 1. The Morgan fingerprint density at radius 3 is 2.69 bits per heavy atom. The van der Waals surface area contributed by atoms with Gasteiger partial charge in [-0.15, -0.1) is 24.0 Å². The fraction of sp³-hybridized carbons (Fsp3) is 0.278. The Bertz CT molecular complexity index is 710. The molecule has 1 aromatic carbocycles. The maximum atomic E-state index is 11.9. The van der Waals surface area contributed by atoms with E-state index in [-0.39, 0.29) is 36.4 Å². The van der Waals surface area contributed by atoms with Gasteiger partial charge in [0.25, 0.3) is 0 Å². The largest absolute Gasteiger partial charge is 0.494 e. The Kier molecular flexibility index (Phi) is 10.1. The normalized spacial score (nSPS) is 10.5. The van der Waals surface area contributed by atoms with Crippen molar-refractivity contribution in [3.05, 3.63) is 54.4 Å². The van der Waals surface area contributed by atoms with Crippen molar-refractivity contribution >= 4 is 41.5 Å². The second-order valence-electron chi connectivity index (χ2n) is 5.11. The van der Waals surface area contributed by atoms with Crippen LogP contribution in [0.4, 0.5) is 5.69 Å². The van der Waals surface area contributed by atoms with Crippen LogP contribution >= 0.6 is 24.0 Å². The first kappa shape index (κ1) is 21.7. The number of carbonyl (C=O) groups excluding carboxylic acids is 1. The van der Waals surface area contributed by atoms with E-state index in [2.05, 4.69) is 25.9 Å². The summed E-state index contributed by atoms with van der Waals surface area (Å²) in [6.45, 7) is 3.20. The molecule has 8 heteroatoms. The lowest BCUT2D eigenvalue weighted by Crippen LogP contribution is -2.41. The zero-order valence-corrected chi connectivity index (χ0v) is 17.2. The molecular formula is C18H24IN5O2. The molecule has 0 saturated carbocycles. The van der Waals surface area contributed by atoms with E-state index in [9.17, 15) is 4.79 Å². The molecule has 0 aliphatic heterocycles. The van der Waals surface area contributed by atoms with Crippen molar-refractivity contribution in [1.29, 1.82) is 0 Å². The molecule has 3 N–H and O–H groups in total. The number of amides is 1. The molecule has 0 atom stereocenters. The highest BCUT2D eigenvalue weighted by Gasteiger charge is 2.06. The fourth-order valence-electron chi connectivity index (χ4n) is 2.15. The molecule has 2 rings (SSSR count). The molecule has 26 heavy (non-hydrogen) atoms. The van der Waals surface area contributed by atoms with Crippen LogP contribution in [0.3, 0.4) is 0 Å². The van der Waals surface area contributed by atoms with Crippen LogP contribution in [0.1, 0.15) is 12.5 Å². The summed E-state index contributed by atoms with van der Waals surface area (Å²) in [5.41, 5.74) is 1.68. The zero-order chi connectivity index (χ0) is 17.9. The van der Waals surface area contributed by atoms with E-state index < -0.39 is 0 Å². The minimum absolute atomic E-state index is 0. The number of hydrogen-bond donors (Lipinski definition) is 3. The maximum Gasteiger partial charge on any atom is 0.243 e. The summed E-state index contributed by atoms with van der Waals surface area (Å²) in [7, 11) is 1.66. The number of nitrogens with one attached hydrogen (secondary N) is 3. The summed E-state index contributed by atoms with van der Waals surface area (Å²) < 4.78 is 5.60. The van der Waals surface area contributed by atoms with Gasteiger partial charge in [-0.2, -0.15) is 0 Å². The SMILES string of the molecule is CCOc1ccccc1CNC(=NC)NCC(=O)Nc1cccnc1.I. The highest BCUT2D eigenvalue weighted by molar-refractivity contribution is 14.0. The van der Waals surface area contributed by atoms with E-state index in [1.165, 1.54) is 0 Å². The molecule has 1 aromatic heterocycles. The van der Waals surface area contributed by atoms with E-state index in [0.29, 0.717) is 24.8 Å². The first-order chi connectivity index (χ1) is 12.2. The van der Waals surface area contributed by atoms with E-state index in [1.807, 2.05) is 31.2 Å². The number of ether oxygens (including phenoxy) is 1. The zero-order valence-electron chi connectivity index (χ0n) is 14.9. The van der Waals surface area contributed by atoms with Crippen LogP contribution in [0.5, 0.6) is 5.75 Å². The van der Waals surface area contributed by atoms with Crippen molar-refractivity contribution < 1.29 is 9.53 Å². The van der Waals surface area contributed by atoms with Crippen LogP contribution < -0.4 is 20.7 Å². The first-order valence-corrected chi connectivity index (χ1v) is 8.08. The predicted molar refractivity (Wildman–Crippen MR) is 114 cm³/mol. The molecule has 0 radical (unpaired) electrons. The minimum atomic E-state index is -0.175. The molecule has 0 spiro atoms. The van der Waals surface area contributed by atoms with E-state index >= 15 is 0 Å². The van der Waals surface area contributed by atoms with E-state index in [4.69, 9.17) is 4.74 Å². The lowest BCUT2D eigenvalue weighted by molar-refractivity contribution is -0.115. The van der Waals surface area contributed by atoms with Gasteiger partial charge in [0.15, 0.2) is 5.96 Å². The average molecular weight is 469 g/mol. The molecule has 1 amide bonds. The molecule has 0 bridgehead atoms. The molecule has 1 heterocycles. The van der Waals surface area contributed by atoms with Crippen LogP contribution in [0.15, 0.2) is 53.8 Å². The summed E-state index contributed by atoms with van der Waals surface area (Å²) in [5, 5.41) is 8.90. The summed E-state index contributed by atoms with van der Waals surface area (Å²) in [6.07, 6.45) is 3.25. The van der Waals surface area contributed by atoms with Gasteiger partial charge < -0.3 is 20.7 Å². The smallest absolute Gasteiger partial charge is 0.243 e. The quantitative estimate of drug-likeness (QED) is 0.330. The lowest BCUT2D eigenvalue weighted by Gasteiger charge is -2.14. The van der Waals surface area contributed by atoms with E-state index in [1.54, 1.807) is 31.6 Å². The molecule has 0 unspecified atom stereocenters. The molecule has 0 saturated heterocycles. The van der Waals surface area contributed by atoms with Crippen molar-refractivity contribution in [1.82, 2.24) is 15.6 Å². The number of rotatable bonds is 7. The van der Waals surface area contributed by atoms with Gasteiger partial charge in [-0.3, -0.25) is 14.8 Å². The number of nitrogens with zero attached hydrogens (tertiary/aromatic N) is 2. The summed E-state index contributed by atoms with van der Waals surface area (Å²) in [6, 6.07) is 11.3. The number of aromatic nitrogens is 1. The van der Waals surface area contributed by atoms with Gasteiger partial charge in [-0.05, 0) is 25.1 Å². The van der Waals surface area contributed by atoms with Crippen molar-refractivity contribution in [2.75, 3.05) is 25.5 Å². The number of anilines is 1. The Labute approximate surface area is 170 Å². The maximum absolute atomic E-state index is 11.9. The van der Waals surface area contributed by atoms with Crippen LogP contribution in [-0.4, -0.2) is 37.1 Å². The molecule has 2 aromatic rings. The summed E-state index contributed by atoms with van der Waals surface area (Å²) >= 11 is 0. The first-order valence-electron chi connectivity index (χ1n) is 8.08. The number of carbonyl (C=O) groups is 1. The number of benzene rings is 1. The van der Waals surface area contributed by atoms with E-state index in [0.717, 1.165) is 11.3 Å². The third kappa shape index (κ3) is 7.26. The fourth-order valence-corrected chi connectivity index (χ4v) is 2.15. The molecule has 0 aliphatic rings. The summed E-state index contributed by atoms with van der Waals surface area (Å²) in [4.78, 5) is 20.0. The summed E-state index contributed by atoms with van der Waals surface area (Å²) in [5.74, 6) is 1.19. The van der Waals surface area contributed by atoms with Crippen LogP contribution in [0.2, 0.25) is 0 Å². The molecule has 7 nitrogen and oxygen atoms in total. The Morgan fingerprint density at radius 1 is 1.19 bits per heavy atom. The van der Waals surface area contributed by atoms with Gasteiger partial charge in [0.1, 0.15) is 5.75 Å². The van der Waals surface area contributed by atoms with Gasteiger partial charge in [0.05, 0.1) is 25.0 Å². The van der Waals surface area contributed by atoms with Gasteiger partial charge in [-0.25, -0.2) is 0 Å². The van der Waals surface area contributed by atoms with Crippen LogP contribution in [0, 0.1) is 0 Å². The topological polar surface area (TPSA) is 87.6 Å². The Morgan fingerprint density at radius 2 is 2.00 bits per heavy atom. The number of aliphatic imine (C=N–C) groups is 1. The average Bonchev–Trinajstić information content (AvgIpc) is 2.64. The van der Waals surface area contributed by atoms with Crippen molar-refractivity contribution in [3.8, 4) is 5.75 Å². The van der Waals surface area contributed by atoms with Crippen molar-refractivity contribution in [3.63, 3.8) is 0 Å². The van der Waals surface area contributed by atoms with Gasteiger partial charge in [-0.1, -0.05) is 18.2 Å². The third-order valence-electron chi connectivity index (χ3n) is 3.30. The molecule has 0 aliphatic carbocycles. The van der Waals surface area contributed by atoms with Crippen molar-refractivity contribution in [2.45, 2.75) is 13.5 Å². The van der Waals surface area contributed by atoms with Gasteiger partial charge in [0, 0.05) is 25.4 Å². The highest BCUT2D eigenvalue weighted by atomic mass is 127. The highest BCUT2D eigenvalue weighted by Crippen LogP contribution is 2.17. The molecule has 0 fully saturated rings. The number of hydrogen-bond acceptors (Lipinski definition) is 4.